The number of benzene rings is 2. The van der Waals surface area contributed by atoms with E-state index in [0.29, 0.717) is 33.9 Å². The van der Waals surface area contributed by atoms with E-state index >= 15 is 0 Å². The molecule has 0 radical (unpaired) electrons. The standard InChI is InChI=1S/C19H16INO4S2/c1-23-15-10-12(11-16-18(22)21-19(26)27-16)9-14(20)17(15)25-8-7-24-13-5-3-2-4-6-13/h2-6,9-11H,7-8H2,1H3,(H,21,22,26)/b16-11-. The first-order valence-electron chi connectivity index (χ1n) is 8.00. The maximum absolute atomic E-state index is 11.8. The van der Waals surface area contributed by atoms with Gasteiger partial charge in [-0.2, -0.15) is 0 Å². The van der Waals surface area contributed by atoms with Gasteiger partial charge in [0.05, 0.1) is 15.6 Å². The number of hydrogen-bond acceptors (Lipinski definition) is 6. The molecular formula is C19H16INO4S2. The van der Waals surface area contributed by atoms with Crippen LogP contribution < -0.4 is 19.5 Å². The third-order valence-electron chi connectivity index (χ3n) is 3.53. The lowest BCUT2D eigenvalue weighted by Crippen LogP contribution is -2.17. The normalized spacial score (nSPS) is 15.0. The van der Waals surface area contributed by atoms with E-state index < -0.39 is 0 Å². The number of para-hydroxylation sites is 1. The van der Waals surface area contributed by atoms with Crippen LogP contribution in [0.2, 0.25) is 0 Å². The zero-order valence-corrected chi connectivity index (χ0v) is 18.2. The average molecular weight is 513 g/mol. The molecule has 0 spiro atoms. The molecule has 0 saturated carbocycles. The van der Waals surface area contributed by atoms with Gasteiger partial charge in [0.1, 0.15) is 23.3 Å². The van der Waals surface area contributed by atoms with Gasteiger partial charge in [-0.1, -0.05) is 42.2 Å². The van der Waals surface area contributed by atoms with Crippen LogP contribution >= 0.6 is 46.6 Å². The number of methoxy groups -OCH3 is 1. The molecule has 5 nitrogen and oxygen atoms in total. The second-order valence-corrected chi connectivity index (χ2v) is 8.28. The molecule has 0 bridgehead atoms. The second kappa shape index (κ2) is 9.43. The number of ether oxygens (including phenoxy) is 3. The first-order chi connectivity index (χ1) is 13.1. The van der Waals surface area contributed by atoms with Gasteiger partial charge in [-0.05, 0) is 58.5 Å². The van der Waals surface area contributed by atoms with Crippen molar-refractivity contribution in [2.75, 3.05) is 20.3 Å². The quantitative estimate of drug-likeness (QED) is 0.259. The molecule has 8 heteroatoms. The molecule has 0 aromatic heterocycles. The molecule has 2 aromatic rings. The van der Waals surface area contributed by atoms with Crippen molar-refractivity contribution >= 4 is 62.9 Å². The topological polar surface area (TPSA) is 56.8 Å². The Hall–Kier alpha value is -1.78. The zero-order valence-electron chi connectivity index (χ0n) is 14.4. The van der Waals surface area contributed by atoms with Gasteiger partial charge in [0.15, 0.2) is 11.5 Å². The number of thioether (sulfide) groups is 1. The number of nitrogens with one attached hydrogen (secondary N) is 1. The molecule has 0 unspecified atom stereocenters. The van der Waals surface area contributed by atoms with Crippen LogP contribution in [0.5, 0.6) is 17.2 Å². The lowest BCUT2D eigenvalue weighted by Gasteiger charge is -2.14. The lowest BCUT2D eigenvalue weighted by atomic mass is 10.2. The molecule has 27 heavy (non-hydrogen) atoms. The highest BCUT2D eigenvalue weighted by molar-refractivity contribution is 14.1. The van der Waals surface area contributed by atoms with Crippen molar-refractivity contribution in [3.63, 3.8) is 0 Å². The van der Waals surface area contributed by atoms with Gasteiger partial charge in [-0.25, -0.2) is 0 Å². The smallest absolute Gasteiger partial charge is 0.263 e. The molecule has 1 fully saturated rings. The molecule has 1 aliphatic rings. The van der Waals surface area contributed by atoms with Crippen LogP contribution in [0.1, 0.15) is 5.56 Å². The van der Waals surface area contributed by atoms with Crippen LogP contribution in [0, 0.1) is 3.57 Å². The van der Waals surface area contributed by atoms with Crippen LogP contribution in [0.25, 0.3) is 6.08 Å². The Morgan fingerprint density at radius 3 is 2.59 bits per heavy atom. The summed E-state index contributed by atoms with van der Waals surface area (Å²) in [4.78, 5) is 12.4. The highest BCUT2D eigenvalue weighted by Crippen LogP contribution is 2.35. The largest absolute Gasteiger partial charge is 0.493 e. The SMILES string of the molecule is COc1cc(/C=C2\SC(=S)NC2=O)cc(I)c1OCCOc1ccccc1. The summed E-state index contributed by atoms with van der Waals surface area (Å²) in [6, 6.07) is 13.3. The van der Waals surface area contributed by atoms with Gasteiger partial charge in [0, 0.05) is 0 Å². The highest BCUT2D eigenvalue weighted by Gasteiger charge is 2.22. The first kappa shape index (κ1) is 20.0. The molecule has 2 aromatic carbocycles. The van der Waals surface area contributed by atoms with Crippen molar-refractivity contribution in [2.45, 2.75) is 0 Å². The number of hydrogen-bond donors (Lipinski definition) is 1. The highest BCUT2D eigenvalue weighted by atomic mass is 127. The van der Waals surface area contributed by atoms with E-state index in [0.717, 1.165) is 14.9 Å². The summed E-state index contributed by atoms with van der Waals surface area (Å²) < 4.78 is 18.3. The molecule has 0 aliphatic carbocycles. The van der Waals surface area contributed by atoms with Gasteiger partial charge in [-0.3, -0.25) is 4.79 Å². The molecule has 1 saturated heterocycles. The van der Waals surface area contributed by atoms with Crippen molar-refractivity contribution in [3.05, 3.63) is 56.5 Å². The Morgan fingerprint density at radius 1 is 1.19 bits per heavy atom. The van der Waals surface area contributed by atoms with E-state index in [1.807, 2.05) is 42.5 Å². The van der Waals surface area contributed by atoms with Crippen molar-refractivity contribution < 1.29 is 19.0 Å². The number of carbonyl (C=O) groups excluding carboxylic acids is 1. The average Bonchev–Trinajstić information content (AvgIpc) is 2.97. The van der Waals surface area contributed by atoms with E-state index in [2.05, 4.69) is 27.9 Å². The van der Waals surface area contributed by atoms with Crippen molar-refractivity contribution in [3.8, 4) is 17.2 Å². The van der Waals surface area contributed by atoms with Crippen LogP contribution in [-0.4, -0.2) is 30.6 Å². The molecule has 1 N–H and O–H groups in total. The van der Waals surface area contributed by atoms with E-state index in [1.54, 1.807) is 13.2 Å². The van der Waals surface area contributed by atoms with Gasteiger partial charge in [0.2, 0.25) is 0 Å². The van der Waals surface area contributed by atoms with Crippen LogP contribution in [-0.2, 0) is 4.79 Å². The second-order valence-electron chi connectivity index (χ2n) is 5.40. The minimum Gasteiger partial charge on any atom is -0.493 e. The van der Waals surface area contributed by atoms with Crippen molar-refractivity contribution in [1.82, 2.24) is 5.32 Å². The lowest BCUT2D eigenvalue weighted by molar-refractivity contribution is -0.115. The molecule has 1 amide bonds. The first-order valence-corrected chi connectivity index (χ1v) is 10.3. The number of halogens is 1. The number of amides is 1. The van der Waals surface area contributed by atoms with E-state index in [4.69, 9.17) is 26.4 Å². The van der Waals surface area contributed by atoms with Crippen molar-refractivity contribution in [2.24, 2.45) is 0 Å². The summed E-state index contributed by atoms with van der Waals surface area (Å²) in [5.41, 5.74) is 0.839. The van der Waals surface area contributed by atoms with Gasteiger partial charge < -0.3 is 19.5 Å². The summed E-state index contributed by atoms with van der Waals surface area (Å²) >= 11 is 8.44. The molecule has 140 valence electrons. The molecule has 3 rings (SSSR count). The maximum Gasteiger partial charge on any atom is 0.263 e. The van der Waals surface area contributed by atoms with Gasteiger partial charge >= 0.3 is 0 Å². The third kappa shape index (κ3) is 5.36. The molecule has 1 heterocycles. The van der Waals surface area contributed by atoms with E-state index in [-0.39, 0.29) is 5.91 Å². The summed E-state index contributed by atoms with van der Waals surface area (Å²) in [5, 5.41) is 2.60. The summed E-state index contributed by atoms with van der Waals surface area (Å²) in [6.45, 7) is 0.803. The predicted octanol–water partition coefficient (Wildman–Crippen LogP) is 4.25. The van der Waals surface area contributed by atoms with Crippen LogP contribution in [0.4, 0.5) is 0 Å². The minimum absolute atomic E-state index is 0.183. The Bertz CT molecular complexity index is 887. The minimum atomic E-state index is -0.183. The predicted molar refractivity (Wildman–Crippen MR) is 119 cm³/mol. The van der Waals surface area contributed by atoms with E-state index in [1.165, 1.54) is 11.8 Å². The number of rotatable bonds is 7. The maximum atomic E-state index is 11.8. The fourth-order valence-electron chi connectivity index (χ4n) is 2.36. The zero-order chi connectivity index (χ0) is 19.2. The molecular weight excluding hydrogens is 497 g/mol. The number of thiocarbonyl (C=S) groups is 1. The molecule has 1 aliphatic heterocycles. The third-order valence-corrected chi connectivity index (χ3v) is 5.50. The van der Waals surface area contributed by atoms with Crippen LogP contribution in [0.15, 0.2) is 47.4 Å². The fraction of sp³-hybridized carbons (Fsp3) is 0.158. The van der Waals surface area contributed by atoms with E-state index in [9.17, 15) is 4.79 Å². The van der Waals surface area contributed by atoms with Crippen molar-refractivity contribution in [1.29, 1.82) is 0 Å². The number of carbonyl (C=O) groups is 1. The summed E-state index contributed by atoms with van der Waals surface area (Å²) in [5.74, 6) is 1.86. The Kier molecular flexibility index (Phi) is 6.97. The Labute approximate surface area is 180 Å². The Morgan fingerprint density at radius 2 is 1.93 bits per heavy atom. The van der Waals surface area contributed by atoms with Crippen LogP contribution in [0.3, 0.4) is 0 Å². The summed E-state index contributed by atoms with van der Waals surface area (Å²) in [7, 11) is 1.59. The Balaban J connectivity index is 1.68. The fourth-order valence-corrected chi connectivity index (χ4v) is 4.18. The monoisotopic (exact) mass is 513 g/mol. The summed E-state index contributed by atoms with van der Waals surface area (Å²) in [6.07, 6.45) is 1.78. The molecule has 0 atom stereocenters. The van der Waals surface area contributed by atoms with Gasteiger partial charge in [-0.15, -0.1) is 0 Å². The van der Waals surface area contributed by atoms with Gasteiger partial charge in [0.25, 0.3) is 5.91 Å².